The molecule has 2 unspecified atom stereocenters. The van der Waals surface area contributed by atoms with Gasteiger partial charge in [-0.3, -0.25) is 9.59 Å². The van der Waals surface area contributed by atoms with Crippen LogP contribution >= 0.6 is 0 Å². The van der Waals surface area contributed by atoms with Gasteiger partial charge >= 0.3 is 0 Å². The average molecular weight is 407 g/mol. The number of hydrogen-bond donors (Lipinski definition) is 1. The van der Waals surface area contributed by atoms with Crippen molar-refractivity contribution in [3.63, 3.8) is 0 Å². The van der Waals surface area contributed by atoms with Crippen molar-refractivity contribution in [2.75, 3.05) is 19.8 Å². The molecule has 2 heterocycles. The van der Waals surface area contributed by atoms with E-state index in [2.05, 4.69) is 0 Å². The van der Waals surface area contributed by atoms with E-state index >= 15 is 0 Å². The van der Waals surface area contributed by atoms with E-state index < -0.39 is 17.7 Å². The summed E-state index contributed by atoms with van der Waals surface area (Å²) in [6, 6.07) is 15.5. The number of nitrogens with zero attached hydrogens (tertiary/aromatic N) is 1. The molecule has 2 atom stereocenters. The minimum Gasteiger partial charge on any atom is -0.507 e. The molecule has 2 aromatic carbocycles. The van der Waals surface area contributed by atoms with Gasteiger partial charge in [-0.1, -0.05) is 42.5 Å². The van der Waals surface area contributed by atoms with Gasteiger partial charge in [0, 0.05) is 18.7 Å². The maximum Gasteiger partial charge on any atom is 0.295 e. The van der Waals surface area contributed by atoms with Crippen molar-refractivity contribution in [1.82, 2.24) is 4.90 Å². The van der Waals surface area contributed by atoms with Crippen molar-refractivity contribution < 1.29 is 24.2 Å². The second-order valence-corrected chi connectivity index (χ2v) is 7.45. The number of carbonyl (C=O) groups is 2. The third-order valence-corrected chi connectivity index (χ3v) is 5.52. The molecule has 6 nitrogen and oxygen atoms in total. The van der Waals surface area contributed by atoms with E-state index in [0.29, 0.717) is 31.1 Å². The van der Waals surface area contributed by atoms with Gasteiger partial charge < -0.3 is 19.5 Å². The summed E-state index contributed by atoms with van der Waals surface area (Å²) in [5.41, 5.74) is 1.35. The van der Waals surface area contributed by atoms with E-state index in [4.69, 9.17) is 9.47 Å². The van der Waals surface area contributed by atoms with E-state index in [1.54, 1.807) is 24.3 Å². The highest BCUT2D eigenvalue weighted by molar-refractivity contribution is 6.46. The van der Waals surface area contributed by atoms with Gasteiger partial charge in [-0.25, -0.2) is 0 Å². The highest BCUT2D eigenvalue weighted by atomic mass is 16.5. The summed E-state index contributed by atoms with van der Waals surface area (Å²) in [5, 5.41) is 11.0. The molecular weight excluding hydrogens is 382 g/mol. The van der Waals surface area contributed by atoms with Crippen molar-refractivity contribution in [2.45, 2.75) is 31.9 Å². The first-order chi connectivity index (χ1) is 14.6. The van der Waals surface area contributed by atoms with Crippen molar-refractivity contribution in [1.29, 1.82) is 0 Å². The van der Waals surface area contributed by atoms with Gasteiger partial charge in [0.2, 0.25) is 0 Å². The summed E-state index contributed by atoms with van der Waals surface area (Å²) in [4.78, 5) is 27.5. The van der Waals surface area contributed by atoms with Crippen molar-refractivity contribution >= 4 is 17.4 Å². The molecule has 1 N–H and O–H groups in total. The van der Waals surface area contributed by atoms with E-state index in [9.17, 15) is 14.7 Å². The molecule has 0 aliphatic carbocycles. The molecule has 0 aromatic heterocycles. The Balaban J connectivity index is 1.78. The topological polar surface area (TPSA) is 76.1 Å². The standard InChI is InChI=1S/C24H25NO5/c1-2-29-18-12-10-16(11-13-18)21-20(22(26)17-7-4-3-5-8-17)23(27)24(28)25(21)15-19-9-6-14-30-19/h3-5,7-8,10-13,19,21,26H,2,6,9,14-15H2,1H3. The fourth-order valence-corrected chi connectivity index (χ4v) is 4.09. The first-order valence-corrected chi connectivity index (χ1v) is 10.3. The maximum absolute atomic E-state index is 13.0. The second kappa shape index (κ2) is 8.71. The second-order valence-electron chi connectivity index (χ2n) is 7.45. The minimum atomic E-state index is -0.676. The number of ketones is 1. The van der Waals surface area contributed by atoms with E-state index in [0.717, 1.165) is 18.4 Å². The molecule has 30 heavy (non-hydrogen) atoms. The number of carbonyl (C=O) groups excluding carboxylic acids is 2. The third-order valence-electron chi connectivity index (χ3n) is 5.52. The SMILES string of the molecule is CCOc1ccc(C2C(=C(O)c3ccccc3)C(=O)C(=O)N2CC2CCCO2)cc1. The highest BCUT2D eigenvalue weighted by Gasteiger charge is 2.47. The number of aliphatic hydroxyl groups is 1. The Morgan fingerprint density at radius 1 is 1.13 bits per heavy atom. The Morgan fingerprint density at radius 2 is 1.87 bits per heavy atom. The van der Waals surface area contributed by atoms with Crippen LogP contribution in [0.1, 0.15) is 36.9 Å². The Kier molecular flexibility index (Phi) is 5.86. The molecule has 6 heteroatoms. The van der Waals surface area contributed by atoms with Gasteiger partial charge in [-0.2, -0.15) is 0 Å². The molecular formula is C24H25NO5. The minimum absolute atomic E-state index is 0.105. The monoisotopic (exact) mass is 407 g/mol. The van der Waals surface area contributed by atoms with E-state index in [-0.39, 0.29) is 17.4 Å². The van der Waals surface area contributed by atoms with Crippen LogP contribution in [-0.2, 0) is 14.3 Å². The van der Waals surface area contributed by atoms with Crippen LogP contribution in [0.3, 0.4) is 0 Å². The fourth-order valence-electron chi connectivity index (χ4n) is 4.09. The van der Waals surface area contributed by atoms with Crippen molar-refractivity contribution in [3.05, 3.63) is 71.3 Å². The predicted octanol–water partition coefficient (Wildman–Crippen LogP) is 3.69. The Hall–Kier alpha value is -3.12. The zero-order valence-corrected chi connectivity index (χ0v) is 16.9. The normalized spacial score (nSPS) is 23.2. The van der Waals surface area contributed by atoms with E-state index in [1.165, 1.54) is 4.90 Å². The zero-order valence-electron chi connectivity index (χ0n) is 16.9. The van der Waals surface area contributed by atoms with Crippen LogP contribution in [-0.4, -0.2) is 47.6 Å². The molecule has 2 aliphatic heterocycles. The summed E-state index contributed by atoms with van der Waals surface area (Å²) in [5.74, 6) is -0.738. The molecule has 0 bridgehead atoms. The number of hydrogen-bond acceptors (Lipinski definition) is 5. The molecule has 4 rings (SSSR count). The molecule has 0 saturated carbocycles. The molecule has 2 aromatic rings. The molecule has 0 spiro atoms. The quantitative estimate of drug-likeness (QED) is 0.449. The van der Waals surface area contributed by atoms with Gasteiger partial charge in [0.25, 0.3) is 11.7 Å². The van der Waals surface area contributed by atoms with Gasteiger partial charge in [0.05, 0.1) is 24.3 Å². The Bertz CT molecular complexity index is 945. The maximum atomic E-state index is 13.0. The lowest BCUT2D eigenvalue weighted by Gasteiger charge is -2.27. The van der Waals surface area contributed by atoms with Gasteiger partial charge in [-0.15, -0.1) is 0 Å². The number of rotatable bonds is 6. The van der Waals surface area contributed by atoms with Crippen molar-refractivity contribution in [3.8, 4) is 5.75 Å². The summed E-state index contributed by atoms with van der Waals surface area (Å²) < 4.78 is 11.2. The number of likely N-dealkylation sites (tertiary alicyclic amines) is 1. The summed E-state index contributed by atoms with van der Waals surface area (Å²) in [7, 11) is 0. The van der Waals surface area contributed by atoms with Crippen molar-refractivity contribution in [2.24, 2.45) is 0 Å². The van der Waals surface area contributed by atoms with Gasteiger partial charge in [0.15, 0.2) is 0 Å². The molecule has 1 amide bonds. The van der Waals surface area contributed by atoms with Crippen LogP contribution in [0.15, 0.2) is 60.2 Å². The molecule has 0 radical (unpaired) electrons. The van der Waals surface area contributed by atoms with Gasteiger partial charge in [-0.05, 0) is 37.5 Å². The number of Topliss-reactive ketones (excluding diaryl/α,β-unsaturated/α-hetero) is 1. The summed E-state index contributed by atoms with van der Waals surface area (Å²) in [6.45, 7) is 3.43. The highest BCUT2D eigenvalue weighted by Crippen LogP contribution is 2.40. The molecule has 2 fully saturated rings. The zero-order chi connectivity index (χ0) is 21.1. The number of aliphatic hydroxyl groups excluding tert-OH is 1. The molecule has 2 aliphatic rings. The number of amides is 1. The van der Waals surface area contributed by atoms with E-state index in [1.807, 2.05) is 37.3 Å². The summed E-state index contributed by atoms with van der Waals surface area (Å²) >= 11 is 0. The lowest BCUT2D eigenvalue weighted by atomic mass is 9.95. The first kappa shape index (κ1) is 20.2. The average Bonchev–Trinajstić information content (AvgIpc) is 3.37. The van der Waals surface area contributed by atoms with Crippen LogP contribution in [0.4, 0.5) is 0 Å². The summed E-state index contributed by atoms with van der Waals surface area (Å²) in [6.07, 6.45) is 1.68. The van der Waals surface area contributed by atoms with Crippen LogP contribution in [0.2, 0.25) is 0 Å². The van der Waals surface area contributed by atoms with Gasteiger partial charge in [0.1, 0.15) is 11.5 Å². The lowest BCUT2D eigenvalue weighted by molar-refractivity contribution is -0.140. The van der Waals surface area contributed by atoms with Crippen LogP contribution in [0.5, 0.6) is 5.75 Å². The molecule has 156 valence electrons. The Labute approximate surface area is 175 Å². The fraction of sp³-hybridized carbons (Fsp3) is 0.333. The van der Waals surface area contributed by atoms with Crippen LogP contribution in [0, 0.1) is 0 Å². The predicted molar refractivity (Wildman–Crippen MR) is 112 cm³/mol. The van der Waals surface area contributed by atoms with Crippen LogP contribution in [0.25, 0.3) is 5.76 Å². The number of ether oxygens (including phenoxy) is 2. The Morgan fingerprint density at radius 3 is 2.50 bits per heavy atom. The smallest absolute Gasteiger partial charge is 0.295 e. The third kappa shape index (κ3) is 3.83. The molecule has 2 saturated heterocycles. The first-order valence-electron chi connectivity index (χ1n) is 10.3. The largest absolute Gasteiger partial charge is 0.507 e. The lowest BCUT2D eigenvalue weighted by Crippen LogP contribution is -2.36. The van der Waals surface area contributed by atoms with Crippen LogP contribution < -0.4 is 4.74 Å². The number of benzene rings is 2.